The minimum absolute atomic E-state index is 0.322. The van der Waals surface area contributed by atoms with Gasteiger partial charge in [-0.05, 0) is 19.8 Å². The summed E-state index contributed by atoms with van der Waals surface area (Å²) in [5.74, 6) is 1.33. The summed E-state index contributed by atoms with van der Waals surface area (Å²) >= 11 is 5.69. The van der Waals surface area contributed by atoms with E-state index in [1.165, 1.54) is 0 Å². The Bertz CT molecular complexity index is 342. The monoisotopic (exact) mass is 255 g/mol. The summed E-state index contributed by atoms with van der Waals surface area (Å²) in [5, 5.41) is 0. The number of alkyl halides is 1. The van der Waals surface area contributed by atoms with Crippen LogP contribution in [-0.4, -0.2) is 35.8 Å². The van der Waals surface area contributed by atoms with Gasteiger partial charge in [0.15, 0.2) is 0 Å². The number of anilines is 1. The van der Waals surface area contributed by atoms with Gasteiger partial charge in [-0.15, -0.1) is 11.6 Å². The molecule has 1 aromatic heterocycles. The fourth-order valence-corrected chi connectivity index (χ4v) is 2.24. The Morgan fingerprint density at radius 2 is 2.35 bits per heavy atom. The molecule has 0 saturated carbocycles. The van der Waals surface area contributed by atoms with Gasteiger partial charge in [-0.3, -0.25) is 4.98 Å². The molecule has 1 aliphatic rings. The summed E-state index contributed by atoms with van der Waals surface area (Å²) in [5.41, 5.74) is 0.814. The molecule has 0 aliphatic carbocycles. The number of rotatable bonds is 4. The molecule has 0 spiro atoms. The number of hydrogen-bond donors (Lipinski definition) is 0. The van der Waals surface area contributed by atoms with Crippen LogP contribution in [0, 0.1) is 0 Å². The van der Waals surface area contributed by atoms with E-state index in [9.17, 15) is 0 Å². The Balaban J connectivity index is 2.00. The Kier molecular flexibility index (Phi) is 4.57. The highest BCUT2D eigenvalue weighted by atomic mass is 35.5. The smallest absolute Gasteiger partial charge is 0.147 e. The van der Waals surface area contributed by atoms with Gasteiger partial charge in [0.05, 0.1) is 30.1 Å². The summed E-state index contributed by atoms with van der Waals surface area (Å²) in [4.78, 5) is 10.9. The average Bonchev–Trinajstić information content (AvgIpc) is 2.40. The molecule has 0 N–H and O–H groups in total. The quantitative estimate of drug-likeness (QED) is 0.774. The molecule has 1 aromatic rings. The zero-order valence-corrected chi connectivity index (χ0v) is 10.9. The van der Waals surface area contributed by atoms with Crippen LogP contribution < -0.4 is 4.90 Å². The van der Waals surface area contributed by atoms with Crippen LogP contribution in [0.1, 0.15) is 25.5 Å². The van der Waals surface area contributed by atoms with E-state index in [0.29, 0.717) is 12.0 Å². The molecule has 5 heteroatoms. The molecule has 1 saturated heterocycles. The maximum absolute atomic E-state index is 5.69. The molecule has 2 rings (SSSR count). The van der Waals surface area contributed by atoms with Crippen LogP contribution in [0.4, 0.5) is 5.82 Å². The van der Waals surface area contributed by atoms with Crippen molar-refractivity contribution in [2.24, 2.45) is 0 Å². The lowest BCUT2D eigenvalue weighted by atomic mass is 10.1. The Labute approximate surface area is 107 Å². The molecule has 1 aliphatic heterocycles. The van der Waals surface area contributed by atoms with Crippen LogP contribution in [0.2, 0.25) is 0 Å². The Hall–Kier alpha value is -0.870. The van der Waals surface area contributed by atoms with Crippen molar-refractivity contribution in [3.05, 3.63) is 18.1 Å². The van der Waals surface area contributed by atoms with Gasteiger partial charge in [-0.1, -0.05) is 0 Å². The van der Waals surface area contributed by atoms with Gasteiger partial charge in [-0.25, -0.2) is 4.98 Å². The zero-order chi connectivity index (χ0) is 12.1. The number of hydrogen-bond acceptors (Lipinski definition) is 4. The number of piperidine rings is 1. The minimum atomic E-state index is 0.322. The van der Waals surface area contributed by atoms with Crippen LogP contribution in [0.5, 0.6) is 0 Å². The highest BCUT2D eigenvalue weighted by Gasteiger charge is 2.21. The third-order valence-corrected chi connectivity index (χ3v) is 3.21. The summed E-state index contributed by atoms with van der Waals surface area (Å²) < 4.78 is 5.67. The maximum atomic E-state index is 5.69. The van der Waals surface area contributed by atoms with E-state index in [0.717, 1.165) is 44.0 Å². The van der Waals surface area contributed by atoms with Gasteiger partial charge < -0.3 is 9.64 Å². The third kappa shape index (κ3) is 3.30. The first-order valence-corrected chi connectivity index (χ1v) is 6.60. The van der Waals surface area contributed by atoms with Gasteiger partial charge >= 0.3 is 0 Å². The normalized spacial score (nSPS) is 20.6. The number of aromatic nitrogens is 2. The van der Waals surface area contributed by atoms with Crippen molar-refractivity contribution in [2.45, 2.75) is 31.7 Å². The van der Waals surface area contributed by atoms with E-state index < -0.39 is 0 Å². The summed E-state index contributed by atoms with van der Waals surface area (Å²) in [6, 6.07) is 0. The number of nitrogens with zero attached hydrogens (tertiary/aromatic N) is 3. The molecule has 94 valence electrons. The summed E-state index contributed by atoms with van der Waals surface area (Å²) in [6.07, 6.45) is 6.14. The van der Waals surface area contributed by atoms with E-state index in [-0.39, 0.29) is 0 Å². The molecule has 0 amide bonds. The highest BCUT2D eigenvalue weighted by Crippen LogP contribution is 2.18. The highest BCUT2D eigenvalue weighted by molar-refractivity contribution is 6.16. The molecule has 2 heterocycles. The van der Waals surface area contributed by atoms with E-state index in [4.69, 9.17) is 16.3 Å². The van der Waals surface area contributed by atoms with E-state index >= 15 is 0 Å². The molecule has 1 unspecified atom stereocenters. The van der Waals surface area contributed by atoms with Gasteiger partial charge in [0, 0.05) is 19.7 Å². The predicted octanol–water partition coefficient (Wildman–Crippen LogP) is 2.22. The van der Waals surface area contributed by atoms with Crippen LogP contribution >= 0.6 is 11.6 Å². The molecule has 0 radical (unpaired) electrons. The standard InChI is InChI=1S/C12H18ClN3O/c1-2-17-11-4-3-5-16(9-11)12-8-14-10(6-13)7-15-12/h7-8,11H,2-6,9H2,1H3. The van der Waals surface area contributed by atoms with Gasteiger partial charge in [0.2, 0.25) is 0 Å². The Morgan fingerprint density at radius 3 is 3.00 bits per heavy atom. The first-order valence-electron chi connectivity index (χ1n) is 6.07. The van der Waals surface area contributed by atoms with Crippen LogP contribution in [-0.2, 0) is 10.6 Å². The third-order valence-electron chi connectivity index (χ3n) is 2.93. The lowest BCUT2D eigenvalue weighted by Gasteiger charge is -2.33. The molecule has 0 aromatic carbocycles. The van der Waals surface area contributed by atoms with Crippen molar-refractivity contribution in [1.82, 2.24) is 9.97 Å². The van der Waals surface area contributed by atoms with Crippen molar-refractivity contribution in [3.63, 3.8) is 0 Å². The molecular weight excluding hydrogens is 238 g/mol. The fourth-order valence-electron chi connectivity index (χ4n) is 2.10. The molecule has 1 atom stereocenters. The van der Waals surface area contributed by atoms with E-state index in [1.54, 1.807) is 12.4 Å². The minimum Gasteiger partial charge on any atom is -0.377 e. The second-order valence-corrected chi connectivity index (χ2v) is 4.43. The SMILES string of the molecule is CCOC1CCCN(c2cnc(CCl)cn2)C1. The zero-order valence-electron chi connectivity index (χ0n) is 10.1. The second-order valence-electron chi connectivity index (χ2n) is 4.17. The molecule has 17 heavy (non-hydrogen) atoms. The maximum Gasteiger partial charge on any atom is 0.147 e. The predicted molar refractivity (Wildman–Crippen MR) is 68.5 cm³/mol. The summed E-state index contributed by atoms with van der Waals surface area (Å²) in [7, 11) is 0. The van der Waals surface area contributed by atoms with Crippen LogP contribution in [0.3, 0.4) is 0 Å². The van der Waals surface area contributed by atoms with E-state index in [1.807, 2.05) is 6.92 Å². The van der Waals surface area contributed by atoms with Gasteiger partial charge in [0.25, 0.3) is 0 Å². The number of ether oxygens (including phenoxy) is 1. The fraction of sp³-hybridized carbons (Fsp3) is 0.667. The van der Waals surface area contributed by atoms with Crippen LogP contribution in [0.25, 0.3) is 0 Å². The lowest BCUT2D eigenvalue weighted by Crippen LogP contribution is -2.40. The first kappa shape index (κ1) is 12.6. The number of halogens is 1. The molecule has 0 bridgehead atoms. The topological polar surface area (TPSA) is 38.2 Å². The van der Waals surface area contributed by atoms with Crippen molar-refractivity contribution in [2.75, 3.05) is 24.6 Å². The van der Waals surface area contributed by atoms with Crippen molar-refractivity contribution < 1.29 is 4.74 Å². The van der Waals surface area contributed by atoms with Crippen molar-refractivity contribution in [3.8, 4) is 0 Å². The second kappa shape index (κ2) is 6.17. The average molecular weight is 256 g/mol. The van der Waals surface area contributed by atoms with Gasteiger partial charge in [-0.2, -0.15) is 0 Å². The summed E-state index contributed by atoms with van der Waals surface area (Å²) in [6.45, 7) is 4.74. The van der Waals surface area contributed by atoms with E-state index in [2.05, 4.69) is 14.9 Å². The van der Waals surface area contributed by atoms with Gasteiger partial charge in [0.1, 0.15) is 5.82 Å². The van der Waals surface area contributed by atoms with Crippen molar-refractivity contribution >= 4 is 17.4 Å². The first-order chi connectivity index (χ1) is 8.33. The molecule has 4 nitrogen and oxygen atoms in total. The molecular formula is C12H18ClN3O. The van der Waals surface area contributed by atoms with Crippen LogP contribution in [0.15, 0.2) is 12.4 Å². The largest absolute Gasteiger partial charge is 0.377 e. The lowest BCUT2D eigenvalue weighted by molar-refractivity contribution is 0.0525. The Morgan fingerprint density at radius 1 is 1.47 bits per heavy atom. The van der Waals surface area contributed by atoms with Crippen molar-refractivity contribution in [1.29, 1.82) is 0 Å². The molecule has 1 fully saturated rings.